The number of nitrogens with zero attached hydrogens (tertiary/aromatic N) is 1. The molecule has 0 unspecified atom stereocenters. The summed E-state index contributed by atoms with van der Waals surface area (Å²) in [6.07, 6.45) is 4.65. The molecule has 2 aromatic rings. The molecule has 0 N–H and O–H groups in total. The summed E-state index contributed by atoms with van der Waals surface area (Å²) in [5, 5.41) is 1.45. The molecular formula is C13H14Cl2NTi. The molecule has 0 saturated carbocycles. The molecule has 0 saturated heterocycles. The Balaban J connectivity index is 0.000000853. The van der Waals surface area contributed by atoms with E-state index in [1.54, 1.807) is 5.56 Å². The van der Waals surface area contributed by atoms with Crippen LogP contribution in [0.25, 0.3) is 10.9 Å². The molecule has 0 fully saturated rings. The maximum atomic E-state index is 2.37. The first-order valence-electron chi connectivity index (χ1n) is 5.16. The molecule has 17 heavy (non-hydrogen) atoms. The number of hydrogen-bond acceptors (Lipinski definition) is 0. The number of benzene rings is 1. The topological polar surface area (TPSA) is 4.93 Å². The molecule has 89 valence electrons. The molecule has 1 aromatic carbocycles. The van der Waals surface area contributed by atoms with Crippen LogP contribution in [0.5, 0.6) is 0 Å². The van der Waals surface area contributed by atoms with Crippen LogP contribution in [0.15, 0.2) is 18.2 Å². The average molecular weight is 303 g/mol. The van der Waals surface area contributed by atoms with E-state index in [0.717, 1.165) is 12.8 Å². The first-order valence-corrected chi connectivity index (χ1v) is 5.16. The average Bonchev–Trinajstić information content (AvgIpc) is 2.72. The zero-order valence-corrected chi connectivity index (χ0v) is 13.0. The van der Waals surface area contributed by atoms with Crippen molar-refractivity contribution >= 4 is 10.9 Å². The van der Waals surface area contributed by atoms with Crippen molar-refractivity contribution in [2.45, 2.75) is 19.8 Å². The molecule has 0 aliphatic heterocycles. The number of fused-ring (bicyclic) bond motifs is 3. The van der Waals surface area contributed by atoms with Crippen molar-refractivity contribution in [3.63, 3.8) is 0 Å². The van der Waals surface area contributed by atoms with Gasteiger partial charge in [0.15, 0.2) is 0 Å². The Morgan fingerprint density at radius 2 is 1.88 bits per heavy atom. The van der Waals surface area contributed by atoms with Gasteiger partial charge in [0.05, 0.1) is 0 Å². The molecule has 1 aromatic heterocycles. The molecule has 0 amide bonds. The molecule has 1 aliphatic carbocycles. The Morgan fingerprint density at radius 1 is 1.18 bits per heavy atom. The fourth-order valence-corrected chi connectivity index (χ4v) is 2.52. The van der Waals surface area contributed by atoms with E-state index in [9.17, 15) is 0 Å². The van der Waals surface area contributed by atoms with E-state index in [4.69, 9.17) is 0 Å². The molecule has 1 aliphatic rings. The fourth-order valence-electron chi connectivity index (χ4n) is 2.52. The summed E-state index contributed by atoms with van der Waals surface area (Å²) < 4.78 is 2.35. The van der Waals surface area contributed by atoms with Gasteiger partial charge in [0.1, 0.15) is 0 Å². The van der Waals surface area contributed by atoms with E-state index in [-0.39, 0.29) is 46.5 Å². The molecule has 0 spiro atoms. The van der Waals surface area contributed by atoms with Gasteiger partial charge in [0, 0.05) is 18.0 Å². The molecular weight excluding hydrogens is 289 g/mol. The van der Waals surface area contributed by atoms with Crippen molar-refractivity contribution in [3.05, 3.63) is 41.4 Å². The molecule has 1 radical (unpaired) electrons. The summed E-state index contributed by atoms with van der Waals surface area (Å²) in [7, 11) is 2.18. The quantitative estimate of drug-likeness (QED) is 0.357. The smallest absolute Gasteiger partial charge is 1.00 e. The predicted octanol–water partition coefficient (Wildman–Crippen LogP) is -3.20. The third kappa shape index (κ3) is 2.58. The molecule has 3 rings (SSSR count). The van der Waals surface area contributed by atoms with Crippen LogP contribution in [-0.4, -0.2) is 4.57 Å². The zero-order valence-electron chi connectivity index (χ0n) is 9.93. The summed E-state index contributed by atoms with van der Waals surface area (Å²) >= 11 is 0. The number of rotatable bonds is 0. The van der Waals surface area contributed by atoms with E-state index >= 15 is 0 Å². The van der Waals surface area contributed by atoms with Gasteiger partial charge in [0.25, 0.3) is 0 Å². The summed E-state index contributed by atoms with van der Waals surface area (Å²) in [4.78, 5) is 0. The van der Waals surface area contributed by atoms with Crippen LogP contribution < -0.4 is 24.8 Å². The van der Waals surface area contributed by atoms with Crippen molar-refractivity contribution in [3.8, 4) is 0 Å². The number of aromatic nitrogens is 1. The third-order valence-corrected chi connectivity index (χ3v) is 3.28. The second-order valence-electron chi connectivity index (χ2n) is 4.20. The molecule has 0 bridgehead atoms. The van der Waals surface area contributed by atoms with Crippen molar-refractivity contribution in [2.24, 2.45) is 7.05 Å². The van der Waals surface area contributed by atoms with Gasteiger partial charge in [-0.3, -0.25) is 0 Å². The van der Waals surface area contributed by atoms with Crippen LogP contribution in [0.4, 0.5) is 0 Å². The van der Waals surface area contributed by atoms with Crippen LogP contribution in [0.1, 0.15) is 16.8 Å². The third-order valence-electron chi connectivity index (χ3n) is 3.28. The predicted molar refractivity (Wildman–Crippen MR) is 59.4 cm³/mol. The van der Waals surface area contributed by atoms with Gasteiger partial charge in [-0.15, -0.1) is 6.42 Å². The normalized spacial score (nSPS) is 12.4. The maximum Gasteiger partial charge on any atom is 3.00 e. The van der Waals surface area contributed by atoms with Gasteiger partial charge in [0.2, 0.25) is 0 Å². The first-order chi connectivity index (χ1) is 6.77. The second-order valence-corrected chi connectivity index (χ2v) is 4.20. The van der Waals surface area contributed by atoms with Crippen molar-refractivity contribution < 1.29 is 46.5 Å². The van der Waals surface area contributed by atoms with E-state index in [1.807, 2.05) is 0 Å². The van der Waals surface area contributed by atoms with Crippen LogP contribution in [0, 0.1) is 13.3 Å². The Morgan fingerprint density at radius 3 is 2.59 bits per heavy atom. The SMILES string of the molecule is Cc1ccc2c3c(n(C)c2c1)C[CH-]C3.[Cl-].[Cl-].[Ti+3]. The van der Waals surface area contributed by atoms with E-state index in [0.29, 0.717) is 0 Å². The number of halogens is 2. The van der Waals surface area contributed by atoms with E-state index in [2.05, 4.69) is 43.2 Å². The van der Waals surface area contributed by atoms with Crippen molar-refractivity contribution in [1.82, 2.24) is 4.57 Å². The standard InChI is InChI=1S/C13H14N.2ClH.Ti/c1-9-6-7-11-10-4-3-5-12(10)14(2)13(11)8-9;;;/h3,6-8H,4-5H2,1-2H3;2*1H;/q-1;;;+3/p-2. The van der Waals surface area contributed by atoms with Crippen LogP contribution in [0.2, 0.25) is 0 Å². The number of hydrogen-bond donors (Lipinski definition) is 0. The Bertz CT molecular complexity index is 520. The summed E-state index contributed by atoms with van der Waals surface area (Å²) in [6.45, 7) is 2.16. The fraction of sp³-hybridized carbons (Fsp3) is 0.308. The van der Waals surface area contributed by atoms with Gasteiger partial charge in [-0.25, -0.2) is 0 Å². The van der Waals surface area contributed by atoms with Crippen LogP contribution in [0.3, 0.4) is 0 Å². The van der Waals surface area contributed by atoms with E-state index < -0.39 is 0 Å². The van der Waals surface area contributed by atoms with E-state index in [1.165, 1.54) is 22.2 Å². The molecule has 0 atom stereocenters. The zero-order chi connectivity index (χ0) is 9.71. The van der Waals surface area contributed by atoms with Crippen molar-refractivity contribution in [1.29, 1.82) is 0 Å². The Labute approximate surface area is 130 Å². The summed E-state index contributed by atoms with van der Waals surface area (Å²) in [6, 6.07) is 6.76. The summed E-state index contributed by atoms with van der Waals surface area (Å²) in [5.41, 5.74) is 5.79. The maximum absolute atomic E-state index is 2.37. The monoisotopic (exact) mass is 302 g/mol. The van der Waals surface area contributed by atoms with Crippen LogP contribution in [-0.2, 0) is 41.6 Å². The minimum absolute atomic E-state index is 0. The van der Waals surface area contributed by atoms with Gasteiger partial charge in [-0.1, -0.05) is 17.7 Å². The van der Waals surface area contributed by atoms with Gasteiger partial charge in [-0.2, -0.15) is 6.42 Å². The van der Waals surface area contributed by atoms with Gasteiger partial charge in [-0.05, 0) is 24.2 Å². The molecule has 1 nitrogen and oxygen atoms in total. The largest absolute Gasteiger partial charge is 3.00 e. The molecule has 1 heterocycles. The van der Waals surface area contributed by atoms with Gasteiger partial charge >= 0.3 is 21.7 Å². The minimum Gasteiger partial charge on any atom is -1.00 e. The van der Waals surface area contributed by atoms with Crippen LogP contribution >= 0.6 is 0 Å². The number of aryl methyl sites for hydroxylation is 2. The first kappa shape index (κ1) is 17.1. The summed E-state index contributed by atoms with van der Waals surface area (Å²) in [5.74, 6) is 0. The Hall–Kier alpha value is 0.0543. The Kier molecular flexibility index (Phi) is 6.31. The van der Waals surface area contributed by atoms with Crippen molar-refractivity contribution in [2.75, 3.05) is 0 Å². The molecule has 4 heteroatoms. The minimum atomic E-state index is 0. The second kappa shape index (κ2) is 6.29. The van der Waals surface area contributed by atoms with Gasteiger partial charge < -0.3 is 35.8 Å².